The van der Waals surface area contributed by atoms with Crippen LogP contribution in [0.4, 0.5) is 18.0 Å². The van der Waals surface area contributed by atoms with E-state index < -0.39 is 47.7 Å². The largest absolute Gasteiger partial charge is 0.486 e. The zero-order valence-electron chi connectivity index (χ0n) is 17.7. The molecule has 1 N–H and O–H groups in total. The zero-order valence-corrected chi connectivity index (χ0v) is 17.7. The fourth-order valence-electron chi connectivity index (χ4n) is 2.30. The third-order valence-corrected chi connectivity index (χ3v) is 3.78. The molecule has 9 heteroatoms. The number of rotatable bonds is 8. The van der Waals surface area contributed by atoms with Gasteiger partial charge in [0.15, 0.2) is 0 Å². The molecule has 0 aliphatic rings. The summed E-state index contributed by atoms with van der Waals surface area (Å²) in [6.45, 7) is 11.7. The van der Waals surface area contributed by atoms with E-state index in [1.54, 1.807) is 33.8 Å². The Morgan fingerprint density at radius 1 is 1.13 bits per heavy atom. The fraction of sp³-hybridized carbons (Fsp3) is 0.524. The molecule has 0 spiro atoms. The van der Waals surface area contributed by atoms with Gasteiger partial charge in [-0.25, -0.2) is 9.59 Å². The van der Waals surface area contributed by atoms with Crippen LogP contribution in [-0.4, -0.2) is 35.9 Å². The van der Waals surface area contributed by atoms with Crippen molar-refractivity contribution in [3.8, 4) is 5.75 Å². The summed E-state index contributed by atoms with van der Waals surface area (Å²) < 4.78 is 54.2. The molecule has 0 aromatic heterocycles. The van der Waals surface area contributed by atoms with E-state index in [4.69, 9.17) is 14.2 Å². The minimum Gasteiger partial charge on any atom is -0.486 e. The molecule has 1 aromatic carbocycles. The van der Waals surface area contributed by atoms with E-state index in [-0.39, 0.29) is 12.2 Å². The first-order valence-corrected chi connectivity index (χ1v) is 9.37. The van der Waals surface area contributed by atoms with Crippen LogP contribution in [0.3, 0.4) is 0 Å². The number of alkyl carbamates (subject to hydrolysis) is 1. The predicted molar refractivity (Wildman–Crippen MR) is 105 cm³/mol. The van der Waals surface area contributed by atoms with Gasteiger partial charge in [0.2, 0.25) is 0 Å². The molecule has 0 heterocycles. The lowest BCUT2D eigenvalue weighted by Crippen LogP contribution is -2.44. The van der Waals surface area contributed by atoms with E-state index in [2.05, 4.69) is 11.9 Å². The lowest BCUT2D eigenvalue weighted by atomic mass is 10.1. The summed E-state index contributed by atoms with van der Waals surface area (Å²) in [4.78, 5) is 24.0. The number of amides is 1. The summed E-state index contributed by atoms with van der Waals surface area (Å²) in [6.07, 6.45) is -4.83. The second kappa shape index (κ2) is 10.4. The molecular weight excluding hydrogens is 403 g/mol. The number of nitrogens with one attached hydrogen (secondary N) is 1. The molecule has 0 radical (unpaired) electrons. The van der Waals surface area contributed by atoms with Crippen molar-refractivity contribution in [2.24, 2.45) is 0 Å². The van der Waals surface area contributed by atoms with Crippen LogP contribution in [-0.2, 0) is 20.4 Å². The molecule has 0 aliphatic heterocycles. The average molecular weight is 431 g/mol. The first kappa shape index (κ1) is 25.3. The Morgan fingerprint density at radius 2 is 1.70 bits per heavy atom. The highest BCUT2D eigenvalue weighted by molar-refractivity contribution is 5.81. The Kier molecular flexibility index (Phi) is 8.74. The van der Waals surface area contributed by atoms with Gasteiger partial charge in [-0.2, -0.15) is 13.2 Å². The van der Waals surface area contributed by atoms with Crippen LogP contribution >= 0.6 is 0 Å². The lowest BCUT2D eigenvalue weighted by molar-refractivity contribution is -0.154. The molecule has 0 saturated heterocycles. The molecule has 168 valence electrons. The highest BCUT2D eigenvalue weighted by Crippen LogP contribution is 2.30. The van der Waals surface area contributed by atoms with E-state index >= 15 is 0 Å². The van der Waals surface area contributed by atoms with Gasteiger partial charge in [-0.3, -0.25) is 0 Å². The van der Waals surface area contributed by atoms with E-state index in [0.717, 1.165) is 12.1 Å². The maximum atomic E-state index is 12.7. The van der Waals surface area contributed by atoms with Gasteiger partial charge in [0.05, 0.1) is 5.56 Å². The van der Waals surface area contributed by atoms with Crippen molar-refractivity contribution in [1.82, 2.24) is 5.32 Å². The molecule has 0 saturated carbocycles. The van der Waals surface area contributed by atoms with Crippen molar-refractivity contribution < 1.29 is 37.0 Å². The number of hydrogen-bond acceptors (Lipinski definition) is 5. The van der Waals surface area contributed by atoms with E-state index in [0.29, 0.717) is 0 Å². The molecule has 0 bridgehead atoms. The van der Waals surface area contributed by atoms with Crippen LogP contribution in [0.1, 0.15) is 46.6 Å². The van der Waals surface area contributed by atoms with Crippen molar-refractivity contribution in [1.29, 1.82) is 0 Å². The number of alkyl halides is 3. The minimum absolute atomic E-state index is 0.192. The van der Waals surface area contributed by atoms with Crippen LogP contribution in [0.15, 0.2) is 36.9 Å². The maximum absolute atomic E-state index is 12.7. The number of benzene rings is 1. The van der Waals surface area contributed by atoms with E-state index in [1.165, 1.54) is 19.1 Å². The van der Waals surface area contributed by atoms with E-state index in [1.807, 2.05) is 0 Å². The van der Waals surface area contributed by atoms with Crippen molar-refractivity contribution in [2.45, 2.75) is 71.1 Å². The van der Waals surface area contributed by atoms with Crippen LogP contribution in [0, 0.1) is 0 Å². The first-order valence-electron chi connectivity index (χ1n) is 9.37. The number of esters is 1. The number of halogens is 3. The molecule has 1 amide bonds. The number of carbonyl (C=O) groups excluding carboxylic acids is 2. The smallest absolute Gasteiger partial charge is 0.416 e. The predicted octanol–water partition coefficient (Wildman–Crippen LogP) is 4.87. The van der Waals surface area contributed by atoms with Gasteiger partial charge < -0.3 is 19.5 Å². The van der Waals surface area contributed by atoms with Crippen molar-refractivity contribution in [2.75, 3.05) is 0 Å². The highest BCUT2D eigenvalue weighted by atomic mass is 19.4. The van der Waals surface area contributed by atoms with Gasteiger partial charge in [-0.05, 0) is 58.9 Å². The topological polar surface area (TPSA) is 73.9 Å². The van der Waals surface area contributed by atoms with Crippen molar-refractivity contribution in [3.05, 3.63) is 42.5 Å². The monoisotopic (exact) mass is 431 g/mol. The van der Waals surface area contributed by atoms with Crippen molar-refractivity contribution >= 4 is 12.1 Å². The molecule has 0 aliphatic carbocycles. The van der Waals surface area contributed by atoms with Gasteiger partial charge in [0, 0.05) is 6.42 Å². The SMILES string of the molecule is C=CC[C@@H](Oc1ccc(C(F)(F)F)cc1)[C@H](C)OC(=O)[C@H](C)NC(=O)OC(C)(C)C. The van der Waals surface area contributed by atoms with E-state index in [9.17, 15) is 22.8 Å². The molecular formula is C21H28F3NO5. The fourth-order valence-corrected chi connectivity index (χ4v) is 2.30. The highest BCUT2D eigenvalue weighted by Gasteiger charge is 2.31. The standard InChI is InChI=1S/C21H28F3NO5/c1-7-8-17(29-16-11-9-15(10-12-16)21(22,23)24)14(3)28-18(26)13(2)25-19(27)30-20(4,5)6/h7,9-14,17H,1,8H2,2-6H3,(H,25,27)/t13-,14-,17+/m0/s1. The molecule has 6 nitrogen and oxygen atoms in total. The Hall–Kier alpha value is -2.71. The molecule has 30 heavy (non-hydrogen) atoms. The zero-order chi connectivity index (χ0) is 23.1. The molecule has 0 unspecified atom stereocenters. The lowest BCUT2D eigenvalue weighted by Gasteiger charge is -2.26. The quantitative estimate of drug-likeness (QED) is 0.469. The second-order valence-electron chi connectivity index (χ2n) is 7.71. The molecule has 1 rings (SSSR count). The van der Waals surface area contributed by atoms with Crippen LogP contribution in [0.25, 0.3) is 0 Å². The normalized spacial score (nSPS) is 14.8. The summed E-state index contributed by atoms with van der Waals surface area (Å²) >= 11 is 0. The summed E-state index contributed by atoms with van der Waals surface area (Å²) in [6, 6.07) is 3.23. The Balaban J connectivity index is 2.72. The van der Waals surface area contributed by atoms with Gasteiger partial charge in [-0.1, -0.05) is 6.08 Å². The summed E-state index contributed by atoms with van der Waals surface area (Å²) in [5.41, 5.74) is -1.51. The number of carbonyl (C=O) groups is 2. The van der Waals surface area contributed by atoms with Gasteiger partial charge in [0.25, 0.3) is 0 Å². The first-order chi connectivity index (χ1) is 13.7. The number of ether oxygens (including phenoxy) is 3. The summed E-state index contributed by atoms with van der Waals surface area (Å²) in [5.74, 6) is -0.517. The molecule has 3 atom stereocenters. The number of hydrogen-bond donors (Lipinski definition) is 1. The second-order valence-corrected chi connectivity index (χ2v) is 7.71. The van der Waals surface area contributed by atoms with Crippen LogP contribution in [0.2, 0.25) is 0 Å². The van der Waals surface area contributed by atoms with Gasteiger partial charge >= 0.3 is 18.2 Å². The third kappa shape index (κ3) is 8.75. The van der Waals surface area contributed by atoms with Crippen molar-refractivity contribution in [3.63, 3.8) is 0 Å². The average Bonchev–Trinajstić information content (AvgIpc) is 2.59. The molecule has 0 fully saturated rings. The maximum Gasteiger partial charge on any atom is 0.416 e. The Morgan fingerprint density at radius 3 is 2.17 bits per heavy atom. The summed E-state index contributed by atoms with van der Waals surface area (Å²) in [5, 5.41) is 2.38. The van der Waals surface area contributed by atoms with Gasteiger partial charge in [-0.15, -0.1) is 6.58 Å². The van der Waals surface area contributed by atoms with Crippen LogP contribution < -0.4 is 10.1 Å². The van der Waals surface area contributed by atoms with Crippen LogP contribution in [0.5, 0.6) is 5.75 Å². The molecule has 1 aromatic rings. The minimum atomic E-state index is -4.45. The third-order valence-electron chi connectivity index (χ3n) is 3.78. The Bertz CT molecular complexity index is 726. The van der Waals surface area contributed by atoms with Gasteiger partial charge in [0.1, 0.15) is 29.6 Å². The Labute approximate surface area is 174 Å². The summed E-state index contributed by atoms with van der Waals surface area (Å²) in [7, 11) is 0.